The fourth-order valence-electron chi connectivity index (χ4n) is 8.58. The molecule has 0 saturated heterocycles. The van der Waals surface area contributed by atoms with E-state index >= 15 is 0 Å². The maximum absolute atomic E-state index is 7.11. The minimum absolute atomic E-state index is 0.881. The second kappa shape index (κ2) is 12.8. The number of nitrogens with one attached hydrogen (secondary N) is 1. The van der Waals surface area contributed by atoms with Gasteiger partial charge >= 0.3 is 0 Å². The summed E-state index contributed by atoms with van der Waals surface area (Å²) in [5, 5.41) is 13.4. The molecule has 1 heterocycles. The third-order valence-corrected chi connectivity index (χ3v) is 11.2. The minimum Gasteiger partial charge on any atom is -0.453 e. The van der Waals surface area contributed by atoms with Crippen molar-refractivity contribution in [3.05, 3.63) is 174 Å². The molecule has 3 heteroatoms. The van der Waals surface area contributed by atoms with Crippen molar-refractivity contribution < 1.29 is 4.42 Å². The van der Waals surface area contributed by atoms with Gasteiger partial charge in [0.1, 0.15) is 5.58 Å². The van der Waals surface area contributed by atoms with E-state index in [0.717, 1.165) is 68.8 Å². The summed E-state index contributed by atoms with van der Waals surface area (Å²) in [7, 11) is 0. The van der Waals surface area contributed by atoms with Crippen LogP contribution in [0.4, 0.5) is 28.4 Å². The average Bonchev–Trinajstić information content (AvgIpc) is 3.61. The van der Waals surface area contributed by atoms with Crippen molar-refractivity contribution in [1.82, 2.24) is 0 Å². The maximum atomic E-state index is 7.11. The van der Waals surface area contributed by atoms with Crippen molar-refractivity contribution in [2.75, 3.05) is 10.2 Å². The van der Waals surface area contributed by atoms with Gasteiger partial charge in [-0.05, 0) is 106 Å². The Morgan fingerprint density at radius 1 is 0.519 bits per heavy atom. The quantitative estimate of drug-likeness (QED) is 0.160. The summed E-state index contributed by atoms with van der Waals surface area (Å²) in [4.78, 5) is 2.42. The van der Waals surface area contributed by atoms with Gasteiger partial charge in [-0.15, -0.1) is 0 Å². The Morgan fingerprint density at radius 2 is 1.22 bits per heavy atom. The van der Waals surface area contributed by atoms with Gasteiger partial charge in [-0.2, -0.15) is 0 Å². The fraction of sp³-hybridized carbons (Fsp3) is 0.0980. The molecular weight excluding hydrogens is 657 g/mol. The van der Waals surface area contributed by atoms with Crippen molar-refractivity contribution in [3.63, 3.8) is 0 Å². The van der Waals surface area contributed by atoms with Gasteiger partial charge < -0.3 is 14.6 Å². The number of fused-ring (bicyclic) bond motifs is 3. The summed E-state index contributed by atoms with van der Waals surface area (Å²) in [5.74, 6) is 0. The lowest BCUT2D eigenvalue weighted by atomic mass is 9.92. The molecule has 9 aromatic carbocycles. The lowest BCUT2D eigenvalue weighted by molar-refractivity contribution is 0.670. The van der Waals surface area contributed by atoms with Crippen LogP contribution in [0.5, 0.6) is 0 Å². The molecule has 1 N–H and O–H groups in total. The Labute approximate surface area is 315 Å². The van der Waals surface area contributed by atoms with Gasteiger partial charge in [-0.1, -0.05) is 129 Å². The number of hydrogen-bond acceptors (Lipinski definition) is 3. The molecule has 1 aromatic heterocycles. The zero-order valence-electron chi connectivity index (χ0n) is 30.8. The topological polar surface area (TPSA) is 28.4 Å². The number of benzene rings is 9. The van der Waals surface area contributed by atoms with E-state index < -0.39 is 0 Å². The molecule has 0 aliphatic heterocycles. The highest BCUT2D eigenvalue weighted by Gasteiger charge is 2.24. The zero-order valence-corrected chi connectivity index (χ0v) is 30.8. The van der Waals surface area contributed by atoms with Gasteiger partial charge in [0.05, 0.1) is 11.4 Å². The van der Waals surface area contributed by atoms with Crippen LogP contribution in [0, 0.1) is 6.92 Å². The van der Waals surface area contributed by atoms with Gasteiger partial charge in [0, 0.05) is 44.2 Å². The predicted molar refractivity (Wildman–Crippen MR) is 231 cm³/mol. The lowest BCUT2D eigenvalue weighted by Crippen LogP contribution is -2.11. The van der Waals surface area contributed by atoms with Crippen molar-refractivity contribution in [1.29, 1.82) is 0 Å². The molecule has 0 unspecified atom stereocenters. The van der Waals surface area contributed by atoms with Crippen LogP contribution in [-0.2, 0) is 12.8 Å². The van der Waals surface area contributed by atoms with E-state index in [1.165, 1.54) is 54.6 Å². The van der Waals surface area contributed by atoms with Crippen LogP contribution in [-0.4, -0.2) is 0 Å². The number of anilines is 5. The minimum atomic E-state index is 0.881. The first kappa shape index (κ1) is 32.1. The smallest absolute Gasteiger partial charge is 0.159 e. The molecule has 0 aliphatic carbocycles. The highest BCUT2D eigenvalue weighted by atomic mass is 16.3. The van der Waals surface area contributed by atoms with E-state index in [1.54, 1.807) is 0 Å². The van der Waals surface area contributed by atoms with Gasteiger partial charge in [-0.3, -0.25) is 0 Å². The summed E-state index contributed by atoms with van der Waals surface area (Å²) in [6, 6.07) is 57.5. The third kappa shape index (κ3) is 5.11. The summed E-state index contributed by atoms with van der Waals surface area (Å²) in [6.45, 7) is 6.57. The van der Waals surface area contributed by atoms with Crippen LogP contribution in [0.1, 0.15) is 30.5 Å². The van der Waals surface area contributed by atoms with E-state index in [1.807, 2.05) is 0 Å². The van der Waals surface area contributed by atoms with Crippen molar-refractivity contribution in [3.8, 4) is 11.1 Å². The Balaban J connectivity index is 1.23. The fourth-order valence-corrected chi connectivity index (χ4v) is 8.58. The monoisotopic (exact) mass is 696 g/mol. The summed E-state index contributed by atoms with van der Waals surface area (Å²) in [6.07, 6.45) is 1.91. The van der Waals surface area contributed by atoms with Crippen LogP contribution in [0.3, 0.4) is 0 Å². The van der Waals surface area contributed by atoms with Gasteiger partial charge in [-0.25, -0.2) is 0 Å². The van der Waals surface area contributed by atoms with Crippen molar-refractivity contribution in [2.45, 2.75) is 33.6 Å². The zero-order chi connectivity index (χ0) is 36.3. The Morgan fingerprint density at radius 3 is 2.06 bits per heavy atom. The van der Waals surface area contributed by atoms with Crippen LogP contribution in [0.25, 0.3) is 65.4 Å². The molecule has 0 radical (unpaired) electrons. The molecule has 0 saturated carbocycles. The molecule has 0 bridgehead atoms. The number of aryl methyl sites for hydroxylation is 3. The van der Waals surface area contributed by atoms with E-state index in [2.05, 4.69) is 189 Å². The number of hydrogen-bond donors (Lipinski definition) is 1. The highest BCUT2D eigenvalue weighted by Crippen LogP contribution is 2.48. The second-order valence-corrected chi connectivity index (χ2v) is 14.4. The van der Waals surface area contributed by atoms with Crippen molar-refractivity contribution >= 4 is 82.7 Å². The predicted octanol–water partition coefficient (Wildman–Crippen LogP) is 14.8. The van der Waals surface area contributed by atoms with Gasteiger partial charge in [0.2, 0.25) is 0 Å². The molecule has 54 heavy (non-hydrogen) atoms. The highest BCUT2D eigenvalue weighted by molar-refractivity contribution is 6.28. The third-order valence-electron chi connectivity index (χ3n) is 11.2. The van der Waals surface area contributed by atoms with Crippen molar-refractivity contribution in [2.24, 2.45) is 0 Å². The molecule has 0 atom stereocenters. The molecule has 0 amide bonds. The first-order chi connectivity index (χ1) is 26.6. The molecule has 260 valence electrons. The molecular formula is C51H40N2O. The van der Waals surface area contributed by atoms with Crippen LogP contribution in [0.15, 0.2) is 162 Å². The van der Waals surface area contributed by atoms with E-state index in [9.17, 15) is 0 Å². The maximum Gasteiger partial charge on any atom is 0.159 e. The molecule has 0 aliphatic rings. The van der Waals surface area contributed by atoms with Crippen LogP contribution >= 0.6 is 0 Å². The molecule has 3 nitrogen and oxygen atoms in total. The number of furan rings is 1. The molecule has 0 spiro atoms. The summed E-state index contributed by atoms with van der Waals surface area (Å²) in [5.41, 5.74) is 13.4. The lowest BCUT2D eigenvalue weighted by Gasteiger charge is -2.28. The van der Waals surface area contributed by atoms with E-state index in [-0.39, 0.29) is 0 Å². The number of rotatable bonds is 8. The molecule has 0 fully saturated rings. The molecule has 10 aromatic rings. The standard InChI is InChI=1S/C51H40N2O/c1-4-33-13-9-16-38(31-33)53(47-21-11-20-42-41-19-10-18-40(50(41)54-51(42)47)39-17-7-6-14-34(39)5-2)46-29-25-36-22-26-43-45(52-37-15-8-12-32(3)30-37)28-24-35-23-27-44(46)49(36)48(35)43/h6-31,52H,4-5H2,1-3H3. The SMILES string of the molecule is CCc1cccc(N(c2ccc3ccc4c(Nc5cccc(C)c5)ccc5ccc2c3c54)c2cccc3c2oc2c(-c4ccccc4CC)cccc23)c1. The van der Waals surface area contributed by atoms with Crippen LogP contribution < -0.4 is 10.2 Å². The summed E-state index contributed by atoms with van der Waals surface area (Å²) >= 11 is 0. The Hall–Kier alpha value is -6.58. The van der Waals surface area contributed by atoms with E-state index in [0.29, 0.717) is 0 Å². The summed E-state index contributed by atoms with van der Waals surface area (Å²) < 4.78 is 7.11. The first-order valence-corrected chi connectivity index (χ1v) is 19.1. The first-order valence-electron chi connectivity index (χ1n) is 19.1. The Kier molecular flexibility index (Phi) is 7.62. The van der Waals surface area contributed by atoms with Gasteiger partial charge in [0.15, 0.2) is 5.58 Å². The molecule has 10 rings (SSSR count). The largest absolute Gasteiger partial charge is 0.453 e. The second-order valence-electron chi connectivity index (χ2n) is 14.4. The number of nitrogens with zero attached hydrogens (tertiary/aromatic N) is 1. The number of para-hydroxylation sites is 2. The normalized spacial score (nSPS) is 11.8. The van der Waals surface area contributed by atoms with Gasteiger partial charge in [0.25, 0.3) is 0 Å². The van der Waals surface area contributed by atoms with Crippen LogP contribution in [0.2, 0.25) is 0 Å². The average molecular weight is 697 g/mol. The Bertz CT molecular complexity index is 3020. The van der Waals surface area contributed by atoms with E-state index in [4.69, 9.17) is 4.42 Å².